The Bertz CT molecular complexity index is 1920. The molecule has 21 nitrogen and oxygen atoms in total. The SMILES string of the molecule is CC(C)[C@@H](C(=O)N[C@@H](C)C(=O)Nc1ccc(COC(=O)N(C)CCN(CCOCCO)C(=O)Oc2ccc(COC(=O)N(C)CCN(C)CCOCCN3C(=O)C=CC3=O)cc2)cc1)N(C)C. The van der Waals surface area contributed by atoms with Crippen LogP contribution < -0.4 is 15.4 Å². The molecule has 3 N–H and O–H groups in total. The van der Waals surface area contributed by atoms with Crippen LogP contribution in [0, 0.1) is 5.92 Å². The van der Waals surface area contributed by atoms with Crippen LogP contribution in [-0.4, -0.2) is 203 Å². The monoisotopic (exact) mass is 940 g/mol. The van der Waals surface area contributed by atoms with Crippen LogP contribution in [-0.2, 0) is 51.3 Å². The number of aliphatic hydroxyl groups is 1. The zero-order valence-corrected chi connectivity index (χ0v) is 39.9. The van der Waals surface area contributed by atoms with Crippen molar-refractivity contribution < 1.29 is 62.4 Å². The van der Waals surface area contributed by atoms with E-state index in [0.717, 1.165) is 4.90 Å². The van der Waals surface area contributed by atoms with Gasteiger partial charge in [0, 0.05) is 71.2 Å². The third kappa shape index (κ3) is 19.7. The van der Waals surface area contributed by atoms with Gasteiger partial charge in [-0.3, -0.25) is 29.0 Å². The van der Waals surface area contributed by atoms with Gasteiger partial charge >= 0.3 is 18.3 Å². The average molecular weight is 941 g/mol. The molecule has 0 unspecified atom stereocenters. The number of aliphatic hydroxyl groups excluding tert-OH is 1. The minimum Gasteiger partial charge on any atom is -0.445 e. The molecule has 0 saturated carbocycles. The smallest absolute Gasteiger partial charge is 0.415 e. The summed E-state index contributed by atoms with van der Waals surface area (Å²) in [6.07, 6.45) is 0.613. The summed E-state index contributed by atoms with van der Waals surface area (Å²) in [5.41, 5.74) is 1.83. The second-order valence-electron chi connectivity index (χ2n) is 16.4. The Balaban J connectivity index is 1.39. The van der Waals surface area contributed by atoms with Crippen LogP contribution in [0.3, 0.4) is 0 Å². The molecule has 7 amide bonds. The number of carbonyl (C=O) groups is 7. The molecule has 2 aromatic carbocycles. The lowest BCUT2D eigenvalue weighted by Crippen LogP contribution is -2.51. The molecule has 1 aliphatic heterocycles. The van der Waals surface area contributed by atoms with Gasteiger partial charge in [-0.15, -0.1) is 0 Å². The Morgan fingerprint density at radius 3 is 1.73 bits per heavy atom. The Labute approximate surface area is 392 Å². The van der Waals surface area contributed by atoms with Crippen molar-refractivity contribution in [1.82, 2.24) is 34.7 Å². The Kier molecular flexibility index (Phi) is 23.7. The van der Waals surface area contributed by atoms with Crippen LogP contribution in [0.5, 0.6) is 5.75 Å². The van der Waals surface area contributed by atoms with Crippen molar-refractivity contribution in [3.05, 3.63) is 71.8 Å². The number of nitrogens with one attached hydrogen (secondary N) is 2. The maximum Gasteiger partial charge on any atom is 0.415 e. The molecule has 0 radical (unpaired) electrons. The number of benzene rings is 2. The molecule has 2 aromatic rings. The summed E-state index contributed by atoms with van der Waals surface area (Å²) in [7, 11) is 8.66. The molecule has 3 rings (SSSR count). The highest BCUT2D eigenvalue weighted by Gasteiger charge is 2.27. The maximum absolute atomic E-state index is 13.3. The van der Waals surface area contributed by atoms with Crippen molar-refractivity contribution in [2.45, 2.75) is 46.1 Å². The first-order valence-corrected chi connectivity index (χ1v) is 22.1. The van der Waals surface area contributed by atoms with E-state index < -0.39 is 24.3 Å². The summed E-state index contributed by atoms with van der Waals surface area (Å²) in [6.45, 7) is 8.02. The number of rotatable bonds is 28. The van der Waals surface area contributed by atoms with Gasteiger partial charge in [-0.25, -0.2) is 14.4 Å². The first-order chi connectivity index (χ1) is 31.9. The van der Waals surface area contributed by atoms with Crippen LogP contribution in [0.15, 0.2) is 60.7 Å². The predicted octanol–water partition coefficient (Wildman–Crippen LogP) is 2.24. The fraction of sp³-hybridized carbons (Fsp3) is 0.543. The molecule has 1 heterocycles. The van der Waals surface area contributed by atoms with Crippen molar-refractivity contribution in [2.24, 2.45) is 5.92 Å². The first kappa shape index (κ1) is 55.2. The minimum atomic E-state index is -0.771. The van der Waals surface area contributed by atoms with Gasteiger partial charge in [-0.1, -0.05) is 38.1 Å². The van der Waals surface area contributed by atoms with Crippen LogP contribution >= 0.6 is 0 Å². The molecule has 0 bridgehead atoms. The van der Waals surface area contributed by atoms with Crippen LogP contribution in [0.2, 0.25) is 0 Å². The number of hydrogen-bond acceptors (Lipinski definition) is 15. The summed E-state index contributed by atoms with van der Waals surface area (Å²) in [5.74, 6) is -1.02. The molecule has 370 valence electrons. The van der Waals surface area contributed by atoms with E-state index >= 15 is 0 Å². The van der Waals surface area contributed by atoms with E-state index in [2.05, 4.69) is 10.6 Å². The number of nitrogens with zero attached hydrogens (tertiary/aromatic N) is 6. The van der Waals surface area contributed by atoms with E-state index in [1.807, 2.05) is 44.8 Å². The number of anilines is 1. The number of imide groups is 1. The highest BCUT2D eigenvalue weighted by atomic mass is 16.6. The zero-order chi connectivity index (χ0) is 49.5. The molecule has 2 atom stereocenters. The lowest BCUT2D eigenvalue weighted by molar-refractivity contribution is -0.137. The summed E-state index contributed by atoms with van der Waals surface area (Å²) in [6, 6.07) is 12.0. The van der Waals surface area contributed by atoms with Gasteiger partial charge in [0.2, 0.25) is 11.8 Å². The molecule has 0 spiro atoms. The van der Waals surface area contributed by atoms with E-state index in [4.69, 9.17) is 28.8 Å². The van der Waals surface area contributed by atoms with Crippen LogP contribution in [0.4, 0.5) is 20.1 Å². The normalized spacial score (nSPS) is 13.2. The van der Waals surface area contributed by atoms with E-state index in [9.17, 15) is 33.6 Å². The number of amides is 7. The van der Waals surface area contributed by atoms with Gasteiger partial charge in [0.25, 0.3) is 11.8 Å². The third-order valence-electron chi connectivity index (χ3n) is 10.4. The third-order valence-corrected chi connectivity index (χ3v) is 10.4. The molecule has 0 fully saturated rings. The van der Waals surface area contributed by atoms with Gasteiger partial charge in [-0.2, -0.15) is 0 Å². The van der Waals surface area contributed by atoms with Crippen molar-refractivity contribution in [2.75, 3.05) is 119 Å². The number of likely N-dealkylation sites (N-methyl/N-ethyl adjacent to an activating group) is 4. The molecule has 67 heavy (non-hydrogen) atoms. The van der Waals surface area contributed by atoms with Crippen molar-refractivity contribution in [3.8, 4) is 5.75 Å². The lowest BCUT2D eigenvalue weighted by Gasteiger charge is -2.28. The summed E-state index contributed by atoms with van der Waals surface area (Å²) in [4.78, 5) is 96.6. The minimum absolute atomic E-state index is 0.0169. The highest BCUT2D eigenvalue weighted by molar-refractivity contribution is 6.12. The standard InChI is InChI=1S/C46H68N8O13/c1-33(2)41(49(4)5)43(59)47-34(3)42(58)48-37-13-9-35(10-14-37)31-65-45(61)52(8)21-22-53(24-28-64-30-26-55)46(62)67-38-15-11-36(12-16-38)32-66-44(60)51(7)20-19-50(6)23-27-63-29-25-54-39(56)17-18-40(54)57/h9-18,33-34,41,55H,19-32H2,1-8H3,(H,47,59)(H,48,58)/t34-,41-/m0/s1. The van der Waals surface area contributed by atoms with E-state index in [1.54, 1.807) is 62.5 Å². The van der Waals surface area contributed by atoms with Gasteiger partial charge in [0.05, 0.1) is 45.6 Å². The van der Waals surface area contributed by atoms with Gasteiger partial charge in [-0.05, 0) is 69.4 Å². The highest BCUT2D eigenvalue weighted by Crippen LogP contribution is 2.16. The summed E-state index contributed by atoms with van der Waals surface area (Å²) >= 11 is 0. The molecule has 21 heteroatoms. The van der Waals surface area contributed by atoms with E-state index in [-0.39, 0.29) is 107 Å². The fourth-order valence-electron chi connectivity index (χ4n) is 6.41. The second-order valence-corrected chi connectivity index (χ2v) is 16.4. The topological polar surface area (TPSA) is 229 Å². The largest absolute Gasteiger partial charge is 0.445 e. The number of ether oxygens (including phenoxy) is 5. The quantitative estimate of drug-likeness (QED) is 0.0821. The van der Waals surface area contributed by atoms with E-state index in [1.165, 1.54) is 33.9 Å². The molecular formula is C46H68N8O13. The van der Waals surface area contributed by atoms with Gasteiger partial charge in [0.1, 0.15) is 25.0 Å². The van der Waals surface area contributed by atoms with Crippen molar-refractivity contribution in [3.63, 3.8) is 0 Å². The molecular weight excluding hydrogens is 873 g/mol. The Hall–Kier alpha value is -6.13. The summed E-state index contributed by atoms with van der Waals surface area (Å²) < 4.78 is 27.5. The molecule has 1 aliphatic rings. The molecule has 0 aliphatic carbocycles. The van der Waals surface area contributed by atoms with Crippen molar-refractivity contribution >= 4 is 47.6 Å². The fourth-order valence-corrected chi connectivity index (χ4v) is 6.41. The Morgan fingerprint density at radius 1 is 0.642 bits per heavy atom. The first-order valence-electron chi connectivity index (χ1n) is 22.1. The number of carbonyl (C=O) groups excluding carboxylic acids is 7. The lowest BCUT2D eigenvalue weighted by atomic mass is 10.0. The van der Waals surface area contributed by atoms with E-state index in [0.29, 0.717) is 43.1 Å². The van der Waals surface area contributed by atoms with Crippen molar-refractivity contribution in [1.29, 1.82) is 0 Å². The summed E-state index contributed by atoms with van der Waals surface area (Å²) in [5, 5.41) is 14.7. The van der Waals surface area contributed by atoms with Gasteiger partial charge < -0.3 is 59.0 Å². The average Bonchev–Trinajstić information content (AvgIpc) is 3.61. The van der Waals surface area contributed by atoms with Crippen LogP contribution in [0.1, 0.15) is 31.9 Å². The van der Waals surface area contributed by atoms with Crippen LogP contribution in [0.25, 0.3) is 0 Å². The molecule has 0 saturated heterocycles. The zero-order valence-electron chi connectivity index (χ0n) is 39.9. The molecule has 0 aromatic heterocycles. The van der Waals surface area contributed by atoms with Gasteiger partial charge in [0.15, 0.2) is 0 Å². The number of hydrogen-bond donors (Lipinski definition) is 3. The second kappa shape index (κ2) is 28.8. The Morgan fingerprint density at radius 2 is 1.18 bits per heavy atom. The predicted molar refractivity (Wildman–Crippen MR) is 247 cm³/mol. The maximum atomic E-state index is 13.3.